The highest BCUT2D eigenvalue weighted by molar-refractivity contribution is 7.92. The second-order valence-corrected chi connectivity index (χ2v) is 9.49. The first kappa shape index (κ1) is 24.3. The van der Waals surface area contributed by atoms with E-state index in [4.69, 9.17) is 16.3 Å². The van der Waals surface area contributed by atoms with Crippen LogP contribution in [0.4, 0.5) is 11.4 Å². The van der Waals surface area contributed by atoms with E-state index in [0.29, 0.717) is 16.9 Å². The van der Waals surface area contributed by atoms with E-state index in [9.17, 15) is 18.0 Å². The second kappa shape index (κ2) is 10.5. The lowest BCUT2D eigenvalue weighted by atomic mass is 10.1. The Morgan fingerprint density at radius 2 is 1.67 bits per heavy atom. The number of hydrogen-bond donors (Lipinski definition) is 1. The predicted octanol–water partition coefficient (Wildman–Crippen LogP) is 4.74. The molecule has 0 unspecified atom stereocenters. The molecule has 1 N–H and O–H groups in total. The molecule has 0 bridgehead atoms. The first-order chi connectivity index (χ1) is 15.7. The Morgan fingerprint density at radius 1 is 1.00 bits per heavy atom. The molecule has 0 aromatic heterocycles. The summed E-state index contributed by atoms with van der Waals surface area (Å²) >= 11 is 6.06. The van der Waals surface area contributed by atoms with Gasteiger partial charge in [-0.2, -0.15) is 0 Å². The number of para-hydroxylation sites is 1. The maximum atomic E-state index is 12.7. The molecule has 0 aliphatic rings. The van der Waals surface area contributed by atoms with Gasteiger partial charge < -0.3 is 10.1 Å². The number of nitrogens with one attached hydrogen (secondary N) is 1. The summed E-state index contributed by atoms with van der Waals surface area (Å²) in [5, 5.41) is 2.95. The summed E-state index contributed by atoms with van der Waals surface area (Å²) in [4.78, 5) is 24.7. The highest BCUT2D eigenvalue weighted by Gasteiger charge is 2.18. The van der Waals surface area contributed by atoms with Crippen molar-refractivity contribution in [1.29, 1.82) is 0 Å². The Balaban J connectivity index is 1.74. The van der Waals surface area contributed by atoms with Crippen LogP contribution >= 0.6 is 11.6 Å². The van der Waals surface area contributed by atoms with Crippen LogP contribution in [0.5, 0.6) is 0 Å². The SMILES string of the molecule is CCOC(=O)c1cc(NC(=O)c2ccc(CN(c3ccccc3)S(C)(=O)=O)cc2)ccc1Cl. The van der Waals surface area contributed by atoms with Gasteiger partial charge in [0, 0.05) is 11.3 Å². The van der Waals surface area contributed by atoms with Gasteiger partial charge in [0.05, 0.1) is 35.7 Å². The van der Waals surface area contributed by atoms with E-state index < -0.39 is 16.0 Å². The number of sulfonamides is 1. The number of amides is 1. The zero-order valence-electron chi connectivity index (χ0n) is 18.1. The van der Waals surface area contributed by atoms with Crippen LogP contribution in [0.2, 0.25) is 5.02 Å². The third kappa shape index (κ3) is 6.34. The van der Waals surface area contributed by atoms with Gasteiger partial charge in [-0.25, -0.2) is 13.2 Å². The van der Waals surface area contributed by atoms with Gasteiger partial charge in [-0.3, -0.25) is 9.10 Å². The maximum Gasteiger partial charge on any atom is 0.339 e. The molecule has 172 valence electrons. The lowest BCUT2D eigenvalue weighted by Gasteiger charge is -2.22. The number of carbonyl (C=O) groups excluding carboxylic acids is 2. The number of esters is 1. The average molecular weight is 487 g/mol. The van der Waals surface area contributed by atoms with Crippen LogP contribution in [-0.2, 0) is 21.3 Å². The predicted molar refractivity (Wildman–Crippen MR) is 129 cm³/mol. The minimum atomic E-state index is -3.50. The van der Waals surface area contributed by atoms with Crippen molar-refractivity contribution in [3.63, 3.8) is 0 Å². The van der Waals surface area contributed by atoms with Crippen LogP contribution in [-0.4, -0.2) is 33.2 Å². The average Bonchev–Trinajstić information content (AvgIpc) is 2.79. The van der Waals surface area contributed by atoms with E-state index in [0.717, 1.165) is 11.8 Å². The zero-order chi connectivity index (χ0) is 24.0. The summed E-state index contributed by atoms with van der Waals surface area (Å²) in [5.41, 5.74) is 2.20. The van der Waals surface area contributed by atoms with E-state index in [1.807, 2.05) is 6.07 Å². The summed E-state index contributed by atoms with van der Waals surface area (Å²) in [5.74, 6) is -0.960. The number of carbonyl (C=O) groups is 2. The molecule has 0 saturated heterocycles. The van der Waals surface area contributed by atoms with Gasteiger partial charge >= 0.3 is 5.97 Å². The van der Waals surface area contributed by atoms with Gasteiger partial charge in [0.15, 0.2) is 0 Å². The summed E-state index contributed by atoms with van der Waals surface area (Å²) in [6, 6.07) is 20.0. The van der Waals surface area contributed by atoms with E-state index in [1.165, 1.54) is 16.4 Å². The molecular formula is C24H23ClN2O5S. The van der Waals surface area contributed by atoms with Crippen LogP contribution < -0.4 is 9.62 Å². The number of hydrogen-bond acceptors (Lipinski definition) is 5. The van der Waals surface area contributed by atoms with Crippen molar-refractivity contribution in [1.82, 2.24) is 0 Å². The second-order valence-electron chi connectivity index (χ2n) is 7.17. The van der Waals surface area contributed by atoms with Gasteiger partial charge in [-0.1, -0.05) is 41.9 Å². The summed E-state index contributed by atoms with van der Waals surface area (Å²) < 4.78 is 30.8. The lowest BCUT2D eigenvalue weighted by molar-refractivity contribution is 0.0526. The molecule has 0 atom stereocenters. The van der Waals surface area contributed by atoms with E-state index >= 15 is 0 Å². The normalized spacial score (nSPS) is 11.0. The van der Waals surface area contributed by atoms with E-state index in [-0.39, 0.29) is 29.6 Å². The van der Waals surface area contributed by atoms with Crippen LogP contribution in [0, 0.1) is 0 Å². The molecule has 0 aliphatic heterocycles. The fourth-order valence-corrected chi connectivity index (χ4v) is 4.18. The Labute approximate surface area is 198 Å². The van der Waals surface area contributed by atoms with Gasteiger partial charge in [0.1, 0.15) is 0 Å². The number of ether oxygens (including phenoxy) is 1. The lowest BCUT2D eigenvalue weighted by Crippen LogP contribution is -2.29. The van der Waals surface area contributed by atoms with Crippen molar-refractivity contribution < 1.29 is 22.7 Å². The molecule has 0 heterocycles. The molecule has 0 fully saturated rings. The molecule has 0 spiro atoms. The highest BCUT2D eigenvalue weighted by atomic mass is 35.5. The molecule has 7 nitrogen and oxygen atoms in total. The number of rotatable bonds is 8. The van der Waals surface area contributed by atoms with Gasteiger partial charge in [0.25, 0.3) is 5.91 Å². The fourth-order valence-electron chi connectivity index (χ4n) is 3.09. The summed E-state index contributed by atoms with van der Waals surface area (Å²) in [6.45, 7) is 2.03. The minimum absolute atomic E-state index is 0.130. The monoisotopic (exact) mass is 486 g/mol. The summed E-state index contributed by atoms with van der Waals surface area (Å²) in [7, 11) is -3.50. The largest absolute Gasteiger partial charge is 0.462 e. The van der Waals surface area contributed by atoms with Crippen molar-refractivity contribution in [2.45, 2.75) is 13.5 Å². The number of benzene rings is 3. The van der Waals surface area contributed by atoms with Crippen LogP contribution in [0.1, 0.15) is 33.2 Å². The van der Waals surface area contributed by atoms with Gasteiger partial charge in [-0.05, 0) is 55.0 Å². The van der Waals surface area contributed by atoms with Gasteiger partial charge in [0.2, 0.25) is 10.0 Å². The molecular weight excluding hydrogens is 464 g/mol. The zero-order valence-corrected chi connectivity index (χ0v) is 19.7. The van der Waals surface area contributed by atoms with Crippen molar-refractivity contribution in [2.24, 2.45) is 0 Å². The molecule has 1 amide bonds. The molecule has 33 heavy (non-hydrogen) atoms. The molecule has 0 saturated carbocycles. The van der Waals surface area contributed by atoms with Crippen molar-refractivity contribution in [3.8, 4) is 0 Å². The number of anilines is 2. The van der Waals surface area contributed by atoms with E-state index in [2.05, 4.69) is 5.32 Å². The Bertz CT molecular complexity index is 1250. The Hall–Kier alpha value is -3.36. The molecule has 9 heteroatoms. The smallest absolute Gasteiger partial charge is 0.339 e. The van der Waals surface area contributed by atoms with E-state index in [1.54, 1.807) is 61.5 Å². The number of nitrogens with zero attached hydrogens (tertiary/aromatic N) is 1. The summed E-state index contributed by atoms with van der Waals surface area (Å²) in [6.07, 6.45) is 1.15. The quantitative estimate of drug-likeness (QED) is 0.464. The van der Waals surface area contributed by atoms with Crippen molar-refractivity contribution in [2.75, 3.05) is 22.5 Å². The Kier molecular flexibility index (Phi) is 7.73. The topological polar surface area (TPSA) is 92.8 Å². The van der Waals surface area contributed by atoms with Crippen LogP contribution in [0.3, 0.4) is 0 Å². The van der Waals surface area contributed by atoms with Crippen molar-refractivity contribution >= 4 is 44.9 Å². The van der Waals surface area contributed by atoms with Crippen LogP contribution in [0.25, 0.3) is 0 Å². The standard InChI is InChI=1S/C24H23ClN2O5S/c1-3-32-24(29)21-15-19(13-14-22(21)25)26-23(28)18-11-9-17(10-12-18)16-27(33(2,30)31)20-7-5-4-6-8-20/h4-15H,3,16H2,1-2H3,(H,26,28). The van der Waals surface area contributed by atoms with Crippen molar-refractivity contribution in [3.05, 3.63) is 94.5 Å². The fraction of sp³-hybridized carbons (Fsp3) is 0.167. The third-order valence-electron chi connectivity index (χ3n) is 4.71. The molecule has 3 aromatic rings. The molecule has 3 aromatic carbocycles. The molecule has 0 radical (unpaired) electrons. The van der Waals surface area contributed by atoms with Crippen LogP contribution in [0.15, 0.2) is 72.8 Å². The Morgan fingerprint density at radius 3 is 2.27 bits per heavy atom. The first-order valence-electron chi connectivity index (χ1n) is 10.1. The first-order valence-corrected chi connectivity index (χ1v) is 12.3. The maximum absolute atomic E-state index is 12.7. The minimum Gasteiger partial charge on any atom is -0.462 e. The number of halogens is 1. The highest BCUT2D eigenvalue weighted by Crippen LogP contribution is 2.23. The van der Waals surface area contributed by atoms with Gasteiger partial charge in [-0.15, -0.1) is 0 Å². The third-order valence-corrected chi connectivity index (χ3v) is 6.18. The molecule has 3 rings (SSSR count). The molecule has 0 aliphatic carbocycles.